The van der Waals surface area contributed by atoms with Gasteiger partial charge in [-0.15, -0.1) is 0 Å². The van der Waals surface area contributed by atoms with Crippen LogP contribution in [0.25, 0.3) is 0 Å². The summed E-state index contributed by atoms with van der Waals surface area (Å²) in [6.45, 7) is 2.83. The van der Waals surface area contributed by atoms with Crippen molar-refractivity contribution in [2.24, 2.45) is 0 Å². The molecule has 1 fully saturated rings. The number of carbonyl (C=O) groups is 1. The number of aromatic nitrogens is 3. The number of benzene rings is 1. The lowest BCUT2D eigenvalue weighted by Gasteiger charge is -2.36. The Morgan fingerprint density at radius 1 is 1.38 bits per heavy atom. The number of carbonyl (C=O) groups excluding carboxylic acids is 1. The molecule has 0 aliphatic carbocycles. The van der Waals surface area contributed by atoms with E-state index in [1.165, 1.54) is 6.33 Å². The zero-order chi connectivity index (χ0) is 16.9. The number of H-pyrrole nitrogens is 1. The second-order valence-electron chi connectivity index (χ2n) is 6.15. The number of amides is 1. The highest BCUT2D eigenvalue weighted by atomic mass is 16.5. The van der Waals surface area contributed by atoms with Crippen LogP contribution >= 0.6 is 0 Å². The Balaban J connectivity index is 1.83. The van der Waals surface area contributed by atoms with E-state index < -0.39 is 0 Å². The Hall–Kier alpha value is -2.37. The molecule has 1 N–H and O–H groups in total. The molecule has 0 radical (unpaired) electrons. The number of rotatable bonds is 5. The molecule has 2 aromatic rings. The van der Waals surface area contributed by atoms with Gasteiger partial charge in [0, 0.05) is 6.54 Å². The van der Waals surface area contributed by atoms with Gasteiger partial charge < -0.3 is 9.64 Å². The molecule has 24 heavy (non-hydrogen) atoms. The quantitative estimate of drug-likeness (QED) is 0.915. The highest BCUT2D eigenvalue weighted by Crippen LogP contribution is 2.33. The molecular formula is C18H24N4O2. The molecule has 0 spiro atoms. The first-order valence-electron chi connectivity index (χ1n) is 8.54. The maximum Gasteiger partial charge on any atom is 0.230 e. The molecule has 2 atom stereocenters. The normalized spacial score (nSPS) is 19.1. The third-order valence-corrected chi connectivity index (χ3v) is 4.76. The van der Waals surface area contributed by atoms with Crippen LogP contribution in [0, 0.1) is 0 Å². The zero-order valence-corrected chi connectivity index (χ0v) is 14.2. The lowest BCUT2D eigenvalue weighted by Crippen LogP contribution is -2.41. The number of nitrogens with zero attached hydrogens (tertiary/aromatic N) is 3. The van der Waals surface area contributed by atoms with E-state index in [1.54, 1.807) is 7.11 Å². The topological polar surface area (TPSA) is 71.1 Å². The van der Waals surface area contributed by atoms with Gasteiger partial charge in [-0.1, -0.05) is 19.1 Å². The first kappa shape index (κ1) is 16.5. The Bertz CT molecular complexity index is 654. The highest BCUT2D eigenvalue weighted by Gasteiger charge is 2.33. The molecule has 1 aromatic heterocycles. The summed E-state index contributed by atoms with van der Waals surface area (Å²) in [7, 11) is 1.65. The Kier molecular flexibility index (Phi) is 5.13. The maximum atomic E-state index is 13.2. The van der Waals surface area contributed by atoms with Gasteiger partial charge in [0.15, 0.2) is 0 Å². The van der Waals surface area contributed by atoms with Crippen LogP contribution in [0.5, 0.6) is 5.75 Å². The van der Waals surface area contributed by atoms with Crippen LogP contribution in [0.1, 0.15) is 56.0 Å². The van der Waals surface area contributed by atoms with E-state index in [9.17, 15) is 4.79 Å². The Morgan fingerprint density at radius 3 is 2.79 bits per heavy atom. The van der Waals surface area contributed by atoms with Crippen LogP contribution in [0.15, 0.2) is 30.6 Å². The van der Waals surface area contributed by atoms with Crippen molar-refractivity contribution in [2.45, 2.75) is 44.6 Å². The molecule has 1 saturated heterocycles. The number of hydrogen-bond acceptors (Lipinski definition) is 4. The largest absolute Gasteiger partial charge is 0.497 e. The number of piperidine rings is 1. The Labute approximate surface area is 142 Å². The molecular weight excluding hydrogens is 304 g/mol. The first-order valence-corrected chi connectivity index (χ1v) is 8.54. The van der Waals surface area contributed by atoms with Gasteiger partial charge in [0.1, 0.15) is 17.9 Å². The van der Waals surface area contributed by atoms with Gasteiger partial charge >= 0.3 is 0 Å². The summed E-state index contributed by atoms with van der Waals surface area (Å²) in [5, 5.41) is 6.88. The van der Waals surface area contributed by atoms with Crippen molar-refractivity contribution in [1.29, 1.82) is 0 Å². The molecule has 2 heterocycles. The molecule has 6 nitrogen and oxygen atoms in total. The van der Waals surface area contributed by atoms with Crippen LogP contribution in [0.3, 0.4) is 0 Å². The molecule has 1 aliphatic rings. The average Bonchev–Trinajstić information content (AvgIpc) is 3.17. The Morgan fingerprint density at radius 2 is 2.17 bits per heavy atom. The van der Waals surface area contributed by atoms with Gasteiger partial charge in [0.25, 0.3) is 0 Å². The fraction of sp³-hybridized carbons (Fsp3) is 0.500. The number of likely N-dealkylation sites (tertiary alicyclic amines) is 1. The molecule has 0 bridgehead atoms. The molecule has 1 amide bonds. The molecule has 3 rings (SSSR count). The minimum atomic E-state index is -0.139. The van der Waals surface area contributed by atoms with Crippen molar-refractivity contribution in [3.8, 4) is 5.75 Å². The third-order valence-electron chi connectivity index (χ3n) is 4.76. The van der Waals surface area contributed by atoms with Gasteiger partial charge in [-0.3, -0.25) is 9.89 Å². The maximum absolute atomic E-state index is 13.2. The predicted molar refractivity (Wildman–Crippen MR) is 90.7 cm³/mol. The second kappa shape index (κ2) is 7.47. The molecule has 2 unspecified atom stereocenters. The van der Waals surface area contributed by atoms with Crippen LogP contribution in [0.2, 0.25) is 0 Å². The van der Waals surface area contributed by atoms with E-state index >= 15 is 0 Å². The minimum absolute atomic E-state index is 0.000971. The predicted octanol–water partition coefficient (Wildman–Crippen LogP) is 3.06. The van der Waals surface area contributed by atoms with E-state index in [0.29, 0.717) is 0 Å². The number of ether oxygens (including phenoxy) is 1. The fourth-order valence-electron chi connectivity index (χ4n) is 3.44. The van der Waals surface area contributed by atoms with Gasteiger partial charge in [0.2, 0.25) is 5.91 Å². The zero-order valence-electron chi connectivity index (χ0n) is 14.2. The van der Waals surface area contributed by atoms with Gasteiger partial charge in [-0.25, -0.2) is 4.98 Å². The van der Waals surface area contributed by atoms with Crippen molar-refractivity contribution in [2.75, 3.05) is 13.7 Å². The molecule has 0 saturated carbocycles. The molecule has 1 aromatic carbocycles. The third kappa shape index (κ3) is 3.27. The van der Waals surface area contributed by atoms with Crippen LogP contribution in [-0.2, 0) is 4.79 Å². The van der Waals surface area contributed by atoms with Crippen molar-refractivity contribution in [3.63, 3.8) is 0 Å². The summed E-state index contributed by atoms with van der Waals surface area (Å²) in [4.78, 5) is 19.5. The molecule has 1 aliphatic heterocycles. The van der Waals surface area contributed by atoms with Crippen molar-refractivity contribution in [3.05, 3.63) is 42.0 Å². The monoisotopic (exact) mass is 328 g/mol. The number of methoxy groups -OCH3 is 1. The van der Waals surface area contributed by atoms with Crippen LogP contribution in [0.4, 0.5) is 0 Å². The van der Waals surface area contributed by atoms with Gasteiger partial charge in [-0.2, -0.15) is 5.10 Å². The first-order chi connectivity index (χ1) is 11.7. The second-order valence-corrected chi connectivity index (χ2v) is 6.15. The number of aromatic amines is 1. The highest BCUT2D eigenvalue weighted by molar-refractivity contribution is 5.84. The smallest absolute Gasteiger partial charge is 0.230 e. The lowest BCUT2D eigenvalue weighted by atomic mass is 9.92. The summed E-state index contributed by atoms with van der Waals surface area (Å²) in [6, 6.07) is 7.79. The van der Waals surface area contributed by atoms with E-state index in [-0.39, 0.29) is 17.9 Å². The van der Waals surface area contributed by atoms with Crippen molar-refractivity contribution < 1.29 is 9.53 Å². The number of hydrogen-bond donors (Lipinski definition) is 1. The van der Waals surface area contributed by atoms with E-state index in [2.05, 4.69) is 22.1 Å². The van der Waals surface area contributed by atoms with Crippen molar-refractivity contribution >= 4 is 5.91 Å². The van der Waals surface area contributed by atoms with Crippen LogP contribution in [-0.4, -0.2) is 39.6 Å². The van der Waals surface area contributed by atoms with E-state index in [1.807, 2.05) is 29.2 Å². The SMILES string of the molecule is CCC(C(=O)N1CCCCC1c1ncn[nH]1)c1ccc(OC)cc1. The molecule has 6 heteroatoms. The summed E-state index contributed by atoms with van der Waals surface area (Å²) >= 11 is 0. The summed E-state index contributed by atoms with van der Waals surface area (Å²) in [6.07, 6.45) is 5.35. The fourth-order valence-corrected chi connectivity index (χ4v) is 3.44. The van der Waals surface area contributed by atoms with E-state index in [4.69, 9.17) is 4.74 Å². The summed E-state index contributed by atoms with van der Waals surface area (Å²) < 4.78 is 5.21. The van der Waals surface area contributed by atoms with Crippen LogP contribution < -0.4 is 4.74 Å². The molecule has 128 valence electrons. The van der Waals surface area contributed by atoms with Crippen molar-refractivity contribution in [1.82, 2.24) is 20.1 Å². The van der Waals surface area contributed by atoms with Gasteiger partial charge in [-0.05, 0) is 43.4 Å². The minimum Gasteiger partial charge on any atom is -0.497 e. The average molecular weight is 328 g/mol. The standard InChI is InChI=1S/C18H24N4O2/c1-3-15(13-7-9-14(24-2)10-8-13)18(23)22-11-5-4-6-16(22)17-19-12-20-21-17/h7-10,12,15-16H,3-6,11H2,1-2H3,(H,19,20,21). The lowest BCUT2D eigenvalue weighted by molar-refractivity contribution is -0.137. The summed E-state index contributed by atoms with van der Waals surface area (Å²) in [5.41, 5.74) is 1.03. The van der Waals surface area contributed by atoms with Gasteiger partial charge in [0.05, 0.1) is 19.1 Å². The number of nitrogens with one attached hydrogen (secondary N) is 1. The summed E-state index contributed by atoms with van der Waals surface area (Å²) in [5.74, 6) is 1.62. The van der Waals surface area contributed by atoms with E-state index in [0.717, 1.165) is 49.4 Å².